The van der Waals surface area contributed by atoms with Crippen LogP contribution in [0.1, 0.15) is 30.1 Å². The number of likely N-dealkylation sites (N-methyl/N-ethyl adjacent to an activating group) is 1. The summed E-state index contributed by atoms with van der Waals surface area (Å²) in [6.45, 7) is 8.86. The van der Waals surface area contributed by atoms with Gasteiger partial charge in [-0.2, -0.15) is 0 Å². The molecule has 2 heterocycles. The Balaban J connectivity index is 1.70. The third kappa shape index (κ3) is 4.50. The monoisotopic (exact) mass is 348 g/mol. The van der Waals surface area contributed by atoms with Crippen LogP contribution in [0, 0.1) is 5.82 Å². The molecule has 138 valence electrons. The van der Waals surface area contributed by atoms with Crippen LogP contribution in [0.3, 0.4) is 0 Å². The Morgan fingerprint density at radius 1 is 1.16 bits per heavy atom. The van der Waals surface area contributed by atoms with Crippen LogP contribution in [-0.2, 0) is 0 Å². The van der Waals surface area contributed by atoms with E-state index in [1.165, 1.54) is 12.1 Å². The lowest BCUT2D eigenvalue weighted by molar-refractivity contribution is 0.0912. The fraction of sp³-hybridized carbons (Fsp3) is 0.632. The lowest BCUT2D eigenvalue weighted by Crippen LogP contribution is -2.46. The van der Waals surface area contributed by atoms with E-state index in [4.69, 9.17) is 0 Å². The van der Waals surface area contributed by atoms with Crippen molar-refractivity contribution in [2.24, 2.45) is 0 Å². The van der Waals surface area contributed by atoms with Crippen LogP contribution in [0.15, 0.2) is 18.2 Å². The molecular formula is C19H29FN4O. The maximum absolute atomic E-state index is 13.8. The summed E-state index contributed by atoms with van der Waals surface area (Å²) >= 11 is 0. The summed E-state index contributed by atoms with van der Waals surface area (Å²) in [7, 11) is 2.10. The van der Waals surface area contributed by atoms with Crippen molar-refractivity contribution in [2.45, 2.75) is 25.8 Å². The molecule has 2 saturated heterocycles. The van der Waals surface area contributed by atoms with Crippen LogP contribution in [-0.4, -0.2) is 74.6 Å². The van der Waals surface area contributed by atoms with Gasteiger partial charge in [0.1, 0.15) is 5.82 Å². The highest BCUT2D eigenvalue weighted by molar-refractivity contribution is 6.00. The molecule has 0 bridgehead atoms. The van der Waals surface area contributed by atoms with E-state index in [-0.39, 0.29) is 17.8 Å². The summed E-state index contributed by atoms with van der Waals surface area (Å²) < 4.78 is 13.8. The van der Waals surface area contributed by atoms with E-state index in [0.29, 0.717) is 5.56 Å². The Bertz CT molecular complexity index is 593. The summed E-state index contributed by atoms with van der Waals surface area (Å²) in [4.78, 5) is 19.7. The van der Waals surface area contributed by atoms with Gasteiger partial charge in [0.15, 0.2) is 0 Å². The normalized spacial score (nSPS) is 20.7. The zero-order chi connectivity index (χ0) is 17.8. The third-order valence-corrected chi connectivity index (χ3v) is 5.42. The number of piperidine rings is 1. The molecule has 0 unspecified atom stereocenters. The second-order valence-corrected chi connectivity index (χ2v) is 7.13. The van der Waals surface area contributed by atoms with E-state index in [9.17, 15) is 9.18 Å². The fourth-order valence-electron chi connectivity index (χ4n) is 3.67. The van der Waals surface area contributed by atoms with Gasteiger partial charge in [0.05, 0.1) is 5.56 Å². The molecule has 25 heavy (non-hydrogen) atoms. The molecule has 5 nitrogen and oxygen atoms in total. The van der Waals surface area contributed by atoms with Crippen LogP contribution in [0.2, 0.25) is 0 Å². The molecule has 0 atom stereocenters. The SMILES string of the molecule is CCN1CCC(NC(=O)c2cc(F)ccc2N2CCN(C)CC2)CC1. The summed E-state index contributed by atoms with van der Waals surface area (Å²) in [5.74, 6) is -0.507. The van der Waals surface area contributed by atoms with Gasteiger partial charge in [-0.1, -0.05) is 6.92 Å². The first-order valence-electron chi connectivity index (χ1n) is 9.33. The summed E-state index contributed by atoms with van der Waals surface area (Å²) in [6, 6.07) is 4.75. The highest BCUT2D eigenvalue weighted by atomic mass is 19.1. The zero-order valence-electron chi connectivity index (χ0n) is 15.3. The Labute approximate surface area is 149 Å². The van der Waals surface area contributed by atoms with E-state index in [1.54, 1.807) is 6.07 Å². The Morgan fingerprint density at radius 2 is 1.84 bits per heavy atom. The molecule has 3 rings (SSSR count). The van der Waals surface area contributed by atoms with Crippen molar-refractivity contribution in [1.82, 2.24) is 15.1 Å². The van der Waals surface area contributed by atoms with Crippen molar-refractivity contribution in [3.05, 3.63) is 29.6 Å². The minimum absolute atomic E-state index is 0.150. The number of amides is 1. The third-order valence-electron chi connectivity index (χ3n) is 5.42. The van der Waals surface area contributed by atoms with Crippen molar-refractivity contribution in [1.29, 1.82) is 0 Å². The van der Waals surface area contributed by atoms with Gasteiger partial charge in [-0.25, -0.2) is 4.39 Å². The molecule has 0 spiro atoms. The molecule has 0 aliphatic carbocycles. The van der Waals surface area contributed by atoms with Gasteiger partial charge in [-0.05, 0) is 44.6 Å². The largest absolute Gasteiger partial charge is 0.368 e. The van der Waals surface area contributed by atoms with Crippen molar-refractivity contribution < 1.29 is 9.18 Å². The second kappa shape index (κ2) is 8.15. The van der Waals surface area contributed by atoms with Crippen LogP contribution in [0.5, 0.6) is 0 Å². The maximum atomic E-state index is 13.8. The van der Waals surface area contributed by atoms with E-state index in [2.05, 4.69) is 34.0 Å². The summed E-state index contributed by atoms with van der Waals surface area (Å²) in [6.07, 6.45) is 1.91. The average molecular weight is 348 g/mol. The van der Waals surface area contributed by atoms with Crippen LogP contribution in [0.4, 0.5) is 10.1 Å². The predicted molar refractivity (Wildman–Crippen MR) is 98.7 cm³/mol. The lowest BCUT2D eigenvalue weighted by atomic mass is 10.0. The van der Waals surface area contributed by atoms with Crippen LogP contribution < -0.4 is 10.2 Å². The van der Waals surface area contributed by atoms with Crippen LogP contribution >= 0.6 is 0 Å². The van der Waals surface area contributed by atoms with Gasteiger partial charge in [0.2, 0.25) is 0 Å². The molecule has 0 saturated carbocycles. The number of carbonyl (C=O) groups excluding carboxylic acids is 1. The van der Waals surface area contributed by atoms with E-state index in [1.807, 2.05) is 0 Å². The number of carbonyl (C=O) groups is 1. The van der Waals surface area contributed by atoms with Crippen molar-refractivity contribution in [3.63, 3.8) is 0 Å². The minimum Gasteiger partial charge on any atom is -0.368 e. The predicted octanol–water partition coefficient (Wildman–Crippen LogP) is 1.79. The number of benzene rings is 1. The maximum Gasteiger partial charge on any atom is 0.253 e. The first-order chi connectivity index (χ1) is 12.1. The Morgan fingerprint density at radius 3 is 2.48 bits per heavy atom. The molecule has 1 amide bonds. The standard InChI is InChI=1S/C19H29FN4O/c1-3-23-8-6-16(7-9-23)21-19(25)17-14-15(20)4-5-18(17)24-12-10-22(2)11-13-24/h4-5,14,16H,3,6-13H2,1-2H3,(H,21,25). The van der Waals surface area contributed by atoms with Crippen molar-refractivity contribution in [3.8, 4) is 0 Å². The average Bonchev–Trinajstić information content (AvgIpc) is 2.63. The molecule has 2 aliphatic rings. The number of hydrogen-bond donors (Lipinski definition) is 1. The quantitative estimate of drug-likeness (QED) is 0.900. The number of nitrogens with zero attached hydrogens (tertiary/aromatic N) is 3. The highest BCUT2D eigenvalue weighted by Gasteiger charge is 2.24. The first kappa shape index (κ1) is 18.1. The number of hydrogen-bond acceptors (Lipinski definition) is 4. The van der Waals surface area contributed by atoms with Gasteiger partial charge in [0.25, 0.3) is 5.91 Å². The molecular weight excluding hydrogens is 319 g/mol. The van der Waals surface area contributed by atoms with Crippen LogP contribution in [0.25, 0.3) is 0 Å². The zero-order valence-corrected chi connectivity index (χ0v) is 15.3. The highest BCUT2D eigenvalue weighted by Crippen LogP contribution is 2.24. The van der Waals surface area contributed by atoms with E-state index >= 15 is 0 Å². The van der Waals surface area contributed by atoms with Gasteiger partial charge in [-0.15, -0.1) is 0 Å². The van der Waals surface area contributed by atoms with E-state index < -0.39 is 0 Å². The number of anilines is 1. The van der Waals surface area contributed by atoms with Crippen molar-refractivity contribution in [2.75, 3.05) is 57.8 Å². The molecule has 0 radical (unpaired) electrons. The van der Waals surface area contributed by atoms with Gasteiger partial charge in [-0.3, -0.25) is 4.79 Å². The first-order valence-corrected chi connectivity index (χ1v) is 9.33. The molecule has 1 N–H and O–H groups in total. The fourth-order valence-corrected chi connectivity index (χ4v) is 3.67. The van der Waals surface area contributed by atoms with Gasteiger partial charge < -0.3 is 20.0 Å². The minimum atomic E-state index is -0.358. The number of piperazine rings is 1. The topological polar surface area (TPSA) is 38.8 Å². The summed E-state index contributed by atoms with van der Waals surface area (Å²) in [5, 5.41) is 3.13. The smallest absolute Gasteiger partial charge is 0.253 e. The summed E-state index contributed by atoms with van der Waals surface area (Å²) in [5.41, 5.74) is 1.31. The second-order valence-electron chi connectivity index (χ2n) is 7.13. The molecule has 2 aliphatic heterocycles. The Hall–Kier alpha value is -1.66. The molecule has 2 fully saturated rings. The number of halogens is 1. The number of nitrogens with one attached hydrogen (secondary N) is 1. The number of rotatable bonds is 4. The van der Waals surface area contributed by atoms with Crippen molar-refractivity contribution >= 4 is 11.6 Å². The molecule has 0 aromatic heterocycles. The van der Waals surface area contributed by atoms with Gasteiger partial charge >= 0.3 is 0 Å². The number of likely N-dealkylation sites (tertiary alicyclic amines) is 1. The molecule has 1 aromatic carbocycles. The Kier molecular flexibility index (Phi) is 5.91. The molecule has 6 heteroatoms. The molecule has 1 aromatic rings. The van der Waals surface area contributed by atoms with E-state index in [0.717, 1.165) is 64.3 Å². The lowest BCUT2D eigenvalue weighted by Gasteiger charge is -2.35. The van der Waals surface area contributed by atoms with Gasteiger partial charge in [0, 0.05) is 51.0 Å².